The summed E-state index contributed by atoms with van der Waals surface area (Å²) >= 11 is 0. The minimum Gasteiger partial charge on any atom is -0.258 e. The molecule has 0 bridgehead atoms. The van der Waals surface area contributed by atoms with E-state index >= 15 is 0 Å². The predicted molar refractivity (Wildman–Crippen MR) is 68.0 cm³/mol. The zero-order chi connectivity index (χ0) is 11.3. The van der Waals surface area contributed by atoms with Gasteiger partial charge in [0.15, 0.2) is 0 Å². The van der Waals surface area contributed by atoms with E-state index in [1.54, 1.807) is 0 Å². The van der Waals surface area contributed by atoms with Crippen molar-refractivity contribution in [2.75, 3.05) is 0 Å². The third kappa shape index (κ3) is 3.50. The molecular formula is C14H21N. The highest BCUT2D eigenvalue weighted by molar-refractivity contribution is 5.88. The van der Waals surface area contributed by atoms with Gasteiger partial charge in [-0.05, 0) is 44.2 Å². The number of hydrogen-bond acceptors (Lipinski definition) is 1. The molecule has 1 aliphatic carbocycles. The van der Waals surface area contributed by atoms with Gasteiger partial charge in [-0.25, -0.2) is 0 Å². The van der Waals surface area contributed by atoms with Crippen LogP contribution in [0.3, 0.4) is 0 Å². The zero-order valence-corrected chi connectivity index (χ0v) is 10.2. The predicted octanol–water partition coefficient (Wildman–Crippen LogP) is 4.52. The largest absolute Gasteiger partial charge is 0.258 e. The Morgan fingerprint density at radius 1 is 1.20 bits per heavy atom. The maximum absolute atomic E-state index is 4.64. The third-order valence-electron chi connectivity index (χ3n) is 2.58. The number of benzene rings is 1. The van der Waals surface area contributed by atoms with E-state index in [-0.39, 0.29) is 0 Å². The molecule has 0 N–H and O–H groups in total. The Kier molecular flexibility index (Phi) is 4.54. The van der Waals surface area contributed by atoms with Crippen LogP contribution in [-0.4, -0.2) is 5.71 Å². The summed E-state index contributed by atoms with van der Waals surface area (Å²) < 4.78 is 0. The summed E-state index contributed by atoms with van der Waals surface area (Å²) in [5.74, 6) is 0.777. The molecule has 0 amide bonds. The highest BCUT2D eigenvalue weighted by Crippen LogP contribution is 2.32. The molecule has 0 aromatic heterocycles. The van der Waals surface area contributed by atoms with E-state index in [0.717, 1.165) is 11.6 Å². The summed E-state index contributed by atoms with van der Waals surface area (Å²) in [6.45, 7) is 8.25. The number of nitrogens with zero attached hydrogens (tertiary/aromatic N) is 1. The fourth-order valence-electron chi connectivity index (χ4n) is 1.47. The lowest BCUT2D eigenvalue weighted by Crippen LogP contribution is -1.92. The van der Waals surface area contributed by atoms with Crippen molar-refractivity contribution in [2.45, 2.75) is 40.5 Å². The first-order valence-electron chi connectivity index (χ1n) is 5.88. The summed E-state index contributed by atoms with van der Waals surface area (Å²) in [5.41, 5.74) is 3.70. The average Bonchev–Trinajstić information content (AvgIpc) is 3.08. The van der Waals surface area contributed by atoms with E-state index in [9.17, 15) is 0 Å². The Bertz CT molecular complexity index is 335. The summed E-state index contributed by atoms with van der Waals surface area (Å²) in [7, 11) is 0. The molecule has 82 valence electrons. The van der Waals surface area contributed by atoms with Gasteiger partial charge < -0.3 is 0 Å². The standard InChI is InChI=1S/C12H15N.C2H6/c1-9-5-3-4-6-12(9)13-10(2)11-7-8-11;1-2/h3-6,11H,7-8H2,1-2H3;1-2H3. The SMILES string of the molecule is CC.CC(=Nc1ccccc1C)C1CC1. The van der Waals surface area contributed by atoms with Gasteiger partial charge >= 0.3 is 0 Å². The maximum Gasteiger partial charge on any atom is 0.0658 e. The molecule has 0 radical (unpaired) electrons. The number of hydrogen-bond donors (Lipinski definition) is 0. The van der Waals surface area contributed by atoms with Gasteiger partial charge in [0.25, 0.3) is 0 Å². The molecule has 1 aliphatic rings. The van der Waals surface area contributed by atoms with Crippen LogP contribution >= 0.6 is 0 Å². The molecule has 1 nitrogen and oxygen atoms in total. The third-order valence-corrected chi connectivity index (χ3v) is 2.58. The summed E-state index contributed by atoms with van der Waals surface area (Å²) in [4.78, 5) is 4.64. The van der Waals surface area contributed by atoms with Crippen LogP contribution in [-0.2, 0) is 0 Å². The van der Waals surface area contributed by atoms with E-state index in [1.807, 2.05) is 19.9 Å². The van der Waals surface area contributed by atoms with Crippen LogP contribution in [0.25, 0.3) is 0 Å². The Morgan fingerprint density at radius 3 is 2.33 bits per heavy atom. The van der Waals surface area contributed by atoms with Gasteiger partial charge in [0, 0.05) is 5.71 Å². The van der Waals surface area contributed by atoms with E-state index in [0.29, 0.717) is 0 Å². The lowest BCUT2D eigenvalue weighted by molar-refractivity contribution is 1.17. The quantitative estimate of drug-likeness (QED) is 0.626. The van der Waals surface area contributed by atoms with Crippen molar-refractivity contribution in [2.24, 2.45) is 10.9 Å². The molecule has 0 aliphatic heterocycles. The monoisotopic (exact) mass is 203 g/mol. The van der Waals surface area contributed by atoms with E-state index < -0.39 is 0 Å². The molecule has 1 aromatic rings. The van der Waals surface area contributed by atoms with Crippen molar-refractivity contribution >= 4 is 11.4 Å². The minimum atomic E-state index is 0.777. The summed E-state index contributed by atoms with van der Waals surface area (Å²) in [5, 5.41) is 0. The van der Waals surface area contributed by atoms with Crippen molar-refractivity contribution in [1.82, 2.24) is 0 Å². The van der Waals surface area contributed by atoms with E-state index in [2.05, 4.69) is 37.0 Å². The van der Waals surface area contributed by atoms with Crippen LogP contribution < -0.4 is 0 Å². The van der Waals surface area contributed by atoms with Crippen LogP contribution in [0.5, 0.6) is 0 Å². The van der Waals surface area contributed by atoms with Gasteiger partial charge in [-0.15, -0.1) is 0 Å². The molecule has 1 aromatic carbocycles. The van der Waals surface area contributed by atoms with Gasteiger partial charge in [0.05, 0.1) is 5.69 Å². The first kappa shape index (κ1) is 12.0. The van der Waals surface area contributed by atoms with Crippen LogP contribution in [0, 0.1) is 12.8 Å². The molecule has 1 heteroatoms. The Hall–Kier alpha value is -1.11. The van der Waals surface area contributed by atoms with E-state index in [1.165, 1.54) is 24.1 Å². The van der Waals surface area contributed by atoms with Crippen LogP contribution in [0.2, 0.25) is 0 Å². The second-order valence-electron chi connectivity index (χ2n) is 3.81. The maximum atomic E-state index is 4.64. The summed E-state index contributed by atoms with van der Waals surface area (Å²) in [6.07, 6.45) is 2.67. The number of aliphatic imine (C=N–C) groups is 1. The topological polar surface area (TPSA) is 12.4 Å². The van der Waals surface area contributed by atoms with Crippen LogP contribution in [0.1, 0.15) is 39.2 Å². The van der Waals surface area contributed by atoms with Gasteiger partial charge in [-0.3, -0.25) is 4.99 Å². The van der Waals surface area contributed by atoms with Crippen LogP contribution in [0.15, 0.2) is 29.3 Å². The van der Waals surface area contributed by atoms with Gasteiger partial charge in [0.2, 0.25) is 0 Å². The molecule has 1 fully saturated rings. The molecule has 0 saturated heterocycles. The molecule has 0 atom stereocenters. The molecule has 0 spiro atoms. The van der Waals surface area contributed by atoms with Crippen molar-refractivity contribution in [3.05, 3.63) is 29.8 Å². The van der Waals surface area contributed by atoms with Crippen molar-refractivity contribution in [1.29, 1.82) is 0 Å². The van der Waals surface area contributed by atoms with Gasteiger partial charge in [0.1, 0.15) is 0 Å². The second kappa shape index (κ2) is 5.69. The first-order chi connectivity index (χ1) is 7.27. The highest BCUT2D eigenvalue weighted by Gasteiger charge is 2.24. The zero-order valence-electron chi connectivity index (χ0n) is 10.2. The van der Waals surface area contributed by atoms with Crippen molar-refractivity contribution in [3.63, 3.8) is 0 Å². The number of para-hydroxylation sites is 1. The molecule has 2 rings (SSSR count). The Morgan fingerprint density at radius 2 is 1.80 bits per heavy atom. The second-order valence-corrected chi connectivity index (χ2v) is 3.81. The first-order valence-corrected chi connectivity index (χ1v) is 5.88. The molecule has 0 heterocycles. The number of aryl methyl sites for hydroxylation is 1. The van der Waals surface area contributed by atoms with Gasteiger partial charge in [-0.1, -0.05) is 32.0 Å². The Labute approximate surface area is 93.2 Å². The highest BCUT2D eigenvalue weighted by atomic mass is 14.8. The number of rotatable bonds is 2. The van der Waals surface area contributed by atoms with Crippen LogP contribution in [0.4, 0.5) is 5.69 Å². The van der Waals surface area contributed by atoms with Crippen molar-refractivity contribution < 1.29 is 0 Å². The molecule has 0 unspecified atom stereocenters. The minimum absolute atomic E-state index is 0.777. The Balaban J connectivity index is 0.000000531. The fraction of sp³-hybridized carbons (Fsp3) is 0.500. The normalized spacial score (nSPS) is 15.6. The van der Waals surface area contributed by atoms with Gasteiger partial charge in [-0.2, -0.15) is 0 Å². The average molecular weight is 203 g/mol. The molecule has 1 saturated carbocycles. The smallest absolute Gasteiger partial charge is 0.0658 e. The summed E-state index contributed by atoms with van der Waals surface area (Å²) in [6, 6.07) is 8.30. The molecule has 15 heavy (non-hydrogen) atoms. The van der Waals surface area contributed by atoms with E-state index in [4.69, 9.17) is 0 Å². The fourth-order valence-corrected chi connectivity index (χ4v) is 1.47. The lowest BCUT2D eigenvalue weighted by atomic mass is 10.2. The lowest BCUT2D eigenvalue weighted by Gasteiger charge is -2.01. The van der Waals surface area contributed by atoms with Crippen molar-refractivity contribution in [3.8, 4) is 0 Å². The molecular weight excluding hydrogens is 182 g/mol.